The first-order valence-corrected chi connectivity index (χ1v) is 9.26. The van der Waals surface area contributed by atoms with Crippen molar-refractivity contribution in [3.05, 3.63) is 42.0 Å². The fourth-order valence-electron chi connectivity index (χ4n) is 4.17. The second-order valence-electron chi connectivity index (χ2n) is 7.61. The highest BCUT2D eigenvalue weighted by Gasteiger charge is 2.43. The zero-order valence-electron chi connectivity index (χ0n) is 14.5. The fourth-order valence-corrected chi connectivity index (χ4v) is 4.17. The smallest absolute Gasteiger partial charge is 0.293 e. The Morgan fingerprint density at radius 1 is 1.00 bits per heavy atom. The van der Waals surface area contributed by atoms with Crippen molar-refractivity contribution in [3.8, 4) is 0 Å². The maximum Gasteiger partial charge on any atom is 0.293 e. The topological polar surface area (TPSA) is 80.1 Å². The number of aromatic nitrogens is 3. The summed E-state index contributed by atoms with van der Waals surface area (Å²) in [4.78, 5) is 27.0. The predicted octanol–water partition coefficient (Wildman–Crippen LogP) is 1.57. The lowest BCUT2D eigenvalue weighted by Crippen LogP contribution is -2.31. The Labute approximate surface area is 151 Å². The number of hydrogen-bond acceptors (Lipinski definition) is 4. The van der Waals surface area contributed by atoms with Gasteiger partial charge in [-0.3, -0.25) is 9.59 Å². The number of rotatable bonds is 3. The largest absolute Gasteiger partial charge is 0.342 e. The molecule has 2 atom stereocenters. The van der Waals surface area contributed by atoms with E-state index in [0.29, 0.717) is 30.1 Å². The second kappa shape index (κ2) is 5.93. The number of nitrogens with zero attached hydrogens (tertiary/aromatic N) is 4. The normalized spacial score (nSPS) is 24.1. The predicted molar refractivity (Wildman–Crippen MR) is 94.4 cm³/mol. The van der Waals surface area contributed by atoms with Crippen LogP contribution in [0.4, 0.5) is 5.69 Å². The van der Waals surface area contributed by atoms with Crippen molar-refractivity contribution in [2.75, 3.05) is 18.4 Å². The van der Waals surface area contributed by atoms with Crippen molar-refractivity contribution in [3.63, 3.8) is 0 Å². The molecule has 2 aliphatic heterocycles. The highest BCUT2D eigenvalue weighted by Crippen LogP contribution is 2.37. The van der Waals surface area contributed by atoms with E-state index in [2.05, 4.69) is 15.5 Å². The van der Waals surface area contributed by atoms with E-state index in [0.717, 1.165) is 43.9 Å². The average molecular weight is 351 g/mol. The number of likely N-dealkylation sites (tertiary alicyclic amines) is 1. The lowest BCUT2D eigenvalue weighted by atomic mass is 9.89. The molecule has 0 bridgehead atoms. The molecule has 1 saturated carbocycles. The Bertz CT molecular complexity index is 858. The second-order valence-corrected chi connectivity index (χ2v) is 7.61. The molecule has 1 aliphatic carbocycles. The third-order valence-electron chi connectivity index (χ3n) is 5.74. The molecule has 0 unspecified atom stereocenters. The Morgan fingerprint density at radius 2 is 1.77 bits per heavy atom. The molecule has 26 heavy (non-hydrogen) atoms. The fraction of sp³-hybridized carbons (Fsp3) is 0.474. The standard InChI is InChI=1S/C19H21N5O2/c25-18(20-15-4-2-1-3-5-15)17-22-21-16-8-13-9-23(19(26)12-6-7-12)10-14(13)11-24(16)17/h1-5,12-14H,6-11H2,(H,20,25)/t13-,14+/m0/s1. The lowest BCUT2D eigenvalue weighted by molar-refractivity contribution is -0.131. The molecule has 5 rings (SSSR count). The van der Waals surface area contributed by atoms with Crippen LogP contribution in [0.25, 0.3) is 0 Å². The molecule has 134 valence electrons. The number of fused-ring (bicyclic) bond motifs is 2. The van der Waals surface area contributed by atoms with E-state index in [9.17, 15) is 9.59 Å². The van der Waals surface area contributed by atoms with Gasteiger partial charge in [-0.1, -0.05) is 18.2 Å². The van der Waals surface area contributed by atoms with Gasteiger partial charge in [0.15, 0.2) is 0 Å². The summed E-state index contributed by atoms with van der Waals surface area (Å²) < 4.78 is 1.94. The molecule has 1 saturated heterocycles. The number of para-hydroxylation sites is 1. The van der Waals surface area contributed by atoms with Crippen LogP contribution in [-0.2, 0) is 17.8 Å². The van der Waals surface area contributed by atoms with Gasteiger partial charge in [0.1, 0.15) is 5.82 Å². The van der Waals surface area contributed by atoms with Gasteiger partial charge in [-0.05, 0) is 36.8 Å². The van der Waals surface area contributed by atoms with Crippen molar-refractivity contribution < 1.29 is 9.59 Å². The summed E-state index contributed by atoms with van der Waals surface area (Å²) in [6.45, 7) is 2.31. The van der Waals surface area contributed by atoms with Gasteiger partial charge in [0.25, 0.3) is 5.91 Å². The molecule has 0 spiro atoms. The van der Waals surface area contributed by atoms with Gasteiger partial charge >= 0.3 is 0 Å². The minimum absolute atomic E-state index is 0.239. The van der Waals surface area contributed by atoms with Gasteiger partial charge in [-0.15, -0.1) is 10.2 Å². The molecule has 7 heteroatoms. The van der Waals surface area contributed by atoms with Crippen LogP contribution in [0.1, 0.15) is 29.3 Å². The summed E-state index contributed by atoms with van der Waals surface area (Å²) in [6, 6.07) is 9.36. The molecule has 2 aromatic rings. The van der Waals surface area contributed by atoms with Crippen molar-refractivity contribution in [1.29, 1.82) is 0 Å². The van der Waals surface area contributed by atoms with Gasteiger partial charge in [-0.2, -0.15) is 0 Å². The first kappa shape index (κ1) is 15.5. The summed E-state index contributed by atoms with van der Waals surface area (Å²) in [5.74, 6) is 2.36. The Morgan fingerprint density at radius 3 is 2.54 bits per heavy atom. The number of carbonyl (C=O) groups excluding carboxylic acids is 2. The molecule has 2 fully saturated rings. The van der Waals surface area contributed by atoms with Crippen LogP contribution in [0.5, 0.6) is 0 Å². The first-order valence-electron chi connectivity index (χ1n) is 9.26. The highest BCUT2D eigenvalue weighted by molar-refractivity contribution is 6.01. The molecule has 7 nitrogen and oxygen atoms in total. The van der Waals surface area contributed by atoms with E-state index in [4.69, 9.17) is 0 Å². The Hall–Kier alpha value is -2.70. The maximum atomic E-state index is 12.6. The van der Waals surface area contributed by atoms with Gasteiger partial charge in [0, 0.05) is 37.7 Å². The van der Waals surface area contributed by atoms with Gasteiger partial charge in [0.2, 0.25) is 11.7 Å². The first-order chi connectivity index (χ1) is 12.7. The number of anilines is 1. The summed E-state index contributed by atoms with van der Waals surface area (Å²) in [5.41, 5.74) is 0.741. The SMILES string of the molecule is O=C(Nc1ccccc1)c1nnc2n1C[C@H]1CN(C(=O)C3CC3)C[C@@H]1C2. The molecule has 0 radical (unpaired) electrons. The average Bonchev–Trinajstić information content (AvgIpc) is 3.29. The third kappa shape index (κ3) is 2.67. The van der Waals surface area contributed by atoms with E-state index in [-0.39, 0.29) is 11.8 Å². The zero-order valence-corrected chi connectivity index (χ0v) is 14.5. The van der Waals surface area contributed by atoms with Crippen LogP contribution < -0.4 is 5.32 Å². The van der Waals surface area contributed by atoms with E-state index >= 15 is 0 Å². The quantitative estimate of drug-likeness (QED) is 0.910. The zero-order chi connectivity index (χ0) is 17.7. The van der Waals surface area contributed by atoms with Crippen molar-refractivity contribution >= 4 is 17.5 Å². The van der Waals surface area contributed by atoms with Crippen LogP contribution >= 0.6 is 0 Å². The van der Waals surface area contributed by atoms with E-state index < -0.39 is 0 Å². The highest BCUT2D eigenvalue weighted by atomic mass is 16.2. The van der Waals surface area contributed by atoms with Crippen LogP contribution in [0, 0.1) is 17.8 Å². The molecule has 1 N–H and O–H groups in total. The summed E-state index contributed by atoms with van der Waals surface area (Å²) in [5, 5.41) is 11.3. The maximum absolute atomic E-state index is 12.6. The van der Waals surface area contributed by atoms with E-state index in [1.807, 2.05) is 39.8 Å². The summed E-state index contributed by atoms with van der Waals surface area (Å²) in [7, 11) is 0. The number of amides is 2. The van der Waals surface area contributed by atoms with Crippen LogP contribution in [0.15, 0.2) is 30.3 Å². The van der Waals surface area contributed by atoms with Gasteiger partial charge in [0.05, 0.1) is 0 Å². The number of hydrogen-bond donors (Lipinski definition) is 1. The molecule has 2 amide bonds. The van der Waals surface area contributed by atoms with Crippen LogP contribution in [-0.4, -0.2) is 44.6 Å². The number of carbonyl (C=O) groups is 2. The molecule has 3 aliphatic rings. The molecule has 1 aromatic heterocycles. The molecule has 3 heterocycles. The van der Waals surface area contributed by atoms with E-state index in [1.54, 1.807) is 0 Å². The van der Waals surface area contributed by atoms with Crippen molar-refractivity contribution in [1.82, 2.24) is 19.7 Å². The Kier molecular flexibility index (Phi) is 3.55. The summed E-state index contributed by atoms with van der Waals surface area (Å²) >= 11 is 0. The van der Waals surface area contributed by atoms with Crippen LogP contribution in [0.2, 0.25) is 0 Å². The summed E-state index contributed by atoms with van der Waals surface area (Å²) in [6.07, 6.45) is 2.87. The number of nitrogens with one attached hydrogen (secondary N) is 1. The number of benzene rings is 1. The van der Waals surface area contributed by atoms with E-state index in [1.165, 1.54) is 0 Å². The van der Waals surface area contributed by atoms with Crippen LogP contribution in [0.3, 0.4) is 0 Å². The minimum Gasteiger partial charge on any atom is -0.342 e. The molecular weight excluding hydrogens is 330 g/mol. The molecule has 1 aromatic carbocycles. The Balaban J connectivity index is 1.32. The van der Waals surface area contributed by atoms with Crippen molar-refractivity contribution in [2.45, 2.75) is 25.8 Å². The lowest BCUT2D eigenvalue weighted by Gasteiger charge is -2.25. The monoisotopic (exact) mass is 351 g/mol. The van der Waals surface area contributed by atoms with Crippen molar-refractivity contribution in [2.24, 2.45) is 17.8 Å². The third-order valence-corrected chi connectivity index (χ3v) is 5.74. The van der Waals surface area contributed by atoms with Gasteiger partial charge < -0.3 is 14.8 Å². The molecular formula is C19H21N5O2. The van der Waals surface area contributed by atoms with Gasteiger partial charge in [-0.25, -0.2) is 0 Å². The minimum atomic E-state index is -0.239.